The maximum Gasteiger partial charge on any atom is 0.0254 e. The molecule has 0 amide bonds. The van der Waals surface area contributed by atoms with E-state index in [2.05, 4.69) is 40.9 Å². The lowest BCUT2D eigenvalue weighted by molar-refractivity contribution is -0.0287. The Hall–Kier alpha value is -0.320. The van der Waals surface area contributed by atoms with Gasteiger partial charge in [-0.2, -0.15) is 0 Å². The van der Waals surface area contributed by atoms with Crippen molar-refractivity contribution in [1.29, 1.82) is 0 Å². The number of likely N-dealkylation sites (tertiary alicyclic amines) is 2. The Labute approximate surface area is 478 Å². The predicted octanol–water partition coefficient (Wildman–Crippen LogP) is 12.7. The first kappa shape index (κ1) is 54.3. The molecule has 0 spiro atoms. The van der Waals surface area contributed by atoms with Gasteiger partial charge in [0, 0.05) is 84.6 Å². The largest absolute Gasteiger partial charge is 0.316 e. The zero-order valence-electron chi connectivity index (χ0n) is 50.2. The van der Waals surface area contributed by atoms with Gasteiger partial charge in [0.1, 0.15) is 0 Å². The summed E-state index contributed by atoms with van der Waals surface area (Å²) in [5, 5.41) is 16.6. The molecule has 8 nitrogen and oxygen atoms in total. The van der Waals surface area contributed by atoms with Crippen LogP contribution in [0.3, 0.4) is 0 Å². The lowest BCUT2D eigenvalue weighted by Gasteiger charge is -2.56. The van der Waals surface area contributed by atoms with Crippen molar-refractivity contribution in [3.8, 4) is 0 Å². The summed E-state index contributed by atoms with van der Waals surface area (Å²) >= 11 is 0. The molecular formula is C70H120N8. The molecule has 78 heavy (non-hydrogen) atoms. The number of nitrogens with zero attached hydrogens (tertiary/aromatic N) is 4. The fraction of sp³-hybridized carbons (Fsp3) is 1.00. The lowest BCUT2D eigenvalue weighted by atomic mass is 9.57. The number of piperidine rings is 4. The van der Waals surface area contributed by atoms with Crippen LogP contribution < -0.4 is 21.3 Å². The molecule has 0 bridgehead atoms. The van der Waals surface area contributed by atoms with Crippen molar-refractivity contribution in [2.45, 2.75) is 341 Å². The van der Waals surface area contributed by atoms with Crippen molar-refractivity contribution in [3.05, 3.63) is 0 Å². The van der Waals surface area contributed by atoms with Crippen LogP contribution in [0.25, 0.3) is 0 Å². The summed E-state index contributed by atoms with van der Waals surface area (Å²) in [6.07, 6.45) is 60.0. The summed E-state index contributed by atoms with van der Waals surface area (Å²) < 4.78 is 0. The molecule has 6 saturated heterocycles. The number of fused-ring (bicyclic) bond motifs is 9. The van der Waals surface area contributed by atoms with Gasteiger partial charge >= 0.3 is 0 Å². The molecular weight excluding hydrogens is 953 g/mol. The summed E-state index contributed by atoms with van der Waals surface area (Å²) in [4.78, 5) is 13.2. The van der Waals surface area contributed by atoms with E-state index in [9.17, 15) is 0 Å². The van der Waals surface area contributed by atoms with Crippen LogP contribution in [0.4, 0.5) is 0 Å². The van der Waals surface area contributed by atoms with Crippen LogP contribution in [-0.2, 0) is 0 Å². The van der Waals surface area contributed by atoms with Gasteiger partial charge in [-0.3, -0.25) is 19.6 Å². The van der Waals surface area contributed by atoms with Gasteiger partial charge in [0.15, 0.2) is 0 Å². The Balaban J connectivity index is 0.566. The van der Waals surface area contributed by atoms with Crippen molar-refractivity contribution in [1.82, 2.24) is 40.9 Å². The molecule has 0 radical (unpaired) electrons. The second-order valence-electron chi connectivity index (χ2n) is 31.7. The molecule has 6 aliphatic heterocycles. The highest BCUT2D eigenvalue weighted by atomic mass is 15.3. The van der Waals surface area contributed by atoms with Gasteiger partial charge in [0.2, 0.25) is 0 Å². The van der Waals surface area contributed by atoms with Crippen LogP contribution in [0.5, 0.6) is 0 Å². The Morgan fingerprint density at radius 3 is 0.987 bits per heavy atom. The highest BCUT2D eigenvalue weighted by Gasteiger charge is 2.58. The van der Waals surface area contributed by atoms with E-state index in [4.69, 9.17) is 0 Å². The van der Waals surface area contributed by atoms with Gasteiger partial charge in [-0.05, 0) is 278 Å². The smallest absolute Gasteiger partial charge is 0.0254 e. The molecule has 440 valence electrons. The molecule has 16 unspecified atom stereocenters. The molecule has 15 aliphatic rings. The fourth-order valence-electron chi connectivity index (χ4n) is 25.6. The fourth-order valence-corrected chi connectivity index (χ4v) is 25.6. The number of hydrogen-bond donors (Lipinski definition) is 4. The molecule has 15 rings (SSSR count). The van der Waals surface area contributed by atoms with E-state index < -0.39 is 0 Å². The quantitative estimate of drug-likeness (QED) is 0.173. The van der Waals surface area contributed by atoms with Gasteiger partial charge in [0.25, 0.3) is 0 Å². The van der Waals surface area contributed by atoms with Crippen molar-refractivity contribution in [3.63, 3.8) is 0 Å². The third-order valence-electron chi connectivity index (χ3n) is 28.6. The van der Waals surface area contributed by atoms with E-state index in [0.29, 0.717) is 0 Å². The standard InChI is InChI=1S/C70H120N8/c1-5-13-49(14-6-1)75(50-15-7-2-8-16-50)55-29-33-65-61(43-55)63-45-71-39-37-67(63)77(65)53-25-21-47(22-26-53)57-35-41-73-69-59(57)31-32-60-58(36-42-74-70(60)69)48-23-27-54(28-24-48)78-66-34-30-56(44-62(66)64-46-72-40-38-68(64)78)76(51-17-9-3-10-18-51)52-19-11-4-12-20-52/h47-74H,1-46H2. The molecule has 0 aromatic carbocycles. The second-order valence-corrected chi connectivity index (χ2v) is 31.7. The molecule has 16 atom stereocenters. The Kier molecular flexibility index (Phi) is 17.1. The summed E-state index contributed by atoms with van der Waals surface area (Å²) in [5.41, 5.74) is 0. The third-order valence-corrected chi connectivity index (χ3v) is 28.6. The van der Waals surface area contributed by atoms with Crippen molar-refractivity contribution in [2.24, 2.45) is 59.2 Å². The minimum atomic E-state index is 0.729. The Morgan fingerprint density at radius 1 is 0.256 bits per heavy atom. The van der Waals surface area contributed by atoms with Crippen molar-refractivity contribution >= 4 is 0 Å². The maximum atomic E-state index is 4.33. The zero-order chi connectivity index (χ0) is 51.5. The van der Waals surface area contributed by atoms with E-state index in [1.54, 1.807) is 0 Å². The van der Waals surface area contributed by atoms with Crippen molar-refractivity contribution < 1.29 is 0 Å². The first-order chi connectivity index (χ1) is 38.7. The number of rotatable bonds is 10. The van der Waals surface area contributed by atoms with Crippen LogP contribution in [0.2, 0.25) is 0 Å². The van der Waals surface area contributed by atoms with E-state index >= 15 is 0 Å². The molecule has 0 aromatic heterocycles. The highest BCUT2D eigenvalue weighted by molar-refractivity contribution is 5.13. The van der Waals surface area contributed by atoms with Gasteiger partial charge in [-0.15, -0.1) is 0 Å². The maximum absolute atomic E-state index is 4.33. The summed E-state index contributed by atoms with van der Waals surface area (Å²) in [6, 6.07) is 12.0. The molecule has 9 saturated carbocycles. The molecule has 15 fully saturated rings. The second kappa shape index (κ2) is 24.6. The minimum Gasteiger partial charge on any atom is -0.316 e. The molecule has 8 heteroatoms. The lowest BCUT2D eigenvalue weighted by Crippen LogP contribution is -2.66. The average molecular weight is 1070 g/mol. The third kappa shape index (κ3) is 10.5. The zero-order valence-corrected chi connectivity index (χ0v) is 50.2. The molecule has 9 aliphatic carbocycles. The van der Waals surface area contributed by atoms with Crippen LogP contribution in [0, 0.1) is 59.2 Å². The van der Waals surface area contributed by atoms with Crippen LogP contribution in [0.1, 0.15) is 257 Å². The van der Waals surface area contributed by atoms with Crippen molar-refractivity contribution in [2.75, 3.05) is 39.3 Å². The first-order valence-electron chi connectivity index (χ1n) is 36.7. The summed E-state index contributed by atoms with van der Waals surface area (Å²) in [7, 11) is 0. The van der Waals surface area contributed by atoms with Gasteiger partial charge in [0.05, 0.1) is 0 Å². The monoisotopic (exact) mass is 1070 g/mol. The summed E-state index contributed by atoms with van der Waals surface area (Å²) in [6.45, 7) is 7.73. The van der Waals surface area contributed by atoms with Gasteiger partial charge in [-0.25, -0.2) is 0 Å². The van der Waals surface area contributed by atoms with Crippen LogP contribution in [0.15, 0.2) is 0 Å². The van der Waals surface area contributed by atoms with Gasteiger partial charge in [-0.1, -0.05) is 77.0 Å². The first-order valence-corrected chi connectivity index (χ1v) is 36.7. The topological polar surface area (TPSA) is 61.1 Å². The molecule has 0 aromatic rings. The highest BCUT2D eigenvalue weighted by Crippen LogP contribution is 2.56. The predicted molar refractivity (Wildman–Crippen MR) is 322 cm³/mol. The molecule has 6 heterocycles. The number of nitrogens with one attached hydrogen (secondary N) is 4. The minimum absolute atomic E-state index is 0.729. The van der Waals surface area contributed by atoms with Gasteiger partial charge < -0.3 is 21.3 Å². The van der Waals surface area contributed by atoms with E-state index in [1.807, 2.05) is 0 Å². The Morgan fingerprint density at radius 2 is 0.615 bits per heavy atom. The van der Waals surface area contributed by atoms with E-state index in [0.717, 1.165) is 144 Å². The average Bonchev–Trinajstić information content (AvgIpc) is 4.04. The molecule has 4 N–H and O–H groups in total. The van der Waals surface area contributed by atoms with Crippen LogP contribution in [-0.4, -0.2) is 143 Å². The summed E-state index contributed by atoms with van der Waals surface area (Å²) in [5.74, 6) is 9.41. The van der Waals surface area contributed by atoms with E-state index in [1.165, 1.54) is 296 Å². The number of hydrogen-bond acceptors (Lipinski definition) is 8. The van der Waals surface area contributed by atoms with E-state index in [-0.39, 0.29) is 0 Å². The Bertz CT molecular complexity index is 1720. The van der Waals surface area contributed by atoms with Crippen LogP contribution >= 0.6 is 0 Å². The normalized spacial score (nSPS) is 47.9. The SMILES string of the molecule is C1CCC(N(C2CCCCC2)C2CCC3C(C2)C2CNCCC2N3C2CCC(C3CCNC4C3CCC3C(C5CCC(N6C7CCNCC7C7CC(N(C8CCCCC8)C8CCCCC8)CCC76)CC5)CCNC34)CC2)CC1.